The predicted molar refractivity (Wildman–Crippen MR) is 143 cm³/mol. The van der Waals surface area contributed by atoms with Crippen LogP contribution in [0.1, 0.15) is 22.5 Å². The lowest BCUT2D eigenvalue weighted by Gasteiger charge is -2.08. The molecule has 166 valence electrons. The first-order valence-electron chi connectivity index (χ1n) is 11.2. The van der Waals surface area contributed by atoms with Crippen molar-refractivity contribution in [1.29, 1.82) is 0 Å². The van der Waals surface area contributed by atoms with Gasteiger partial charge < -0.3 is 9.47 Å². The number of nitrogens with zero attached hydrogens (tertiary/aromatic N) is 1. The minimum Gasteiger partial charge on any atom is -0.496 e. The van der Waals surface area contributed by atoms with E-state index in [-0.39, 0.29) is 0 Å². The lowest BCUT2D eigenvalue weighted by Crippen LogP contribution is -1.88. The molecule has 3 heteroatoms. The van der Waals surface area contributed by atoms with E-state index in [2.05, 4.69) is 48.6 Å². The summed E-state index contributed by atoms with van der Waals surface area (Å²) in [5.74, 6) is 1.76. The third kappa shape index (κ3) is 4.28. The molecule has 1 heterocycles. The van der Waals surface area contributed by atoms with Gasteiger partial charge in [0.05, 0.1) is 25.6 Å². The maximum atomic E-state index is 5.51. The highest BCUT2D eigenvalue weighted by molar-refractivity contribution is 5.97. The van der Waals surface area contributed by atoms with Gasteiger partial charge in [0.1, 0.15) is 11.5 Å². The van der Waals surface area contributed by atoms with Gasteiger partial charge in [0.2, 0.25) is 0 Å². The van der Waals surface area contributed by atoms with E-state index in [0.717, 1.165) is 55.6 Å². The van der Waals surface area contributed by atoms with Crippen LogP contribution < -0.4 is 9.47 Å². The predicted octanol–water partition coefficient (Wildman–Crippen LogP) is 7.75. The van der Waals surface area contributed by atoms with E-state index in [1.807, 2.05) is 66.7 Å². The Hall–Kier alpha value is -4.37. The number of aromatic nitrogens is 1. The number of hydrogen-bond acceptors (Lipinski definition) is 3. The van der Waals surface area contributed by atoms with Crippen molar-refractivity contribution in [2.24, 2.45) is 0 Å². The van der Waals surface area contributed by atoms with E-state index < -0.39 is 0 Å². The van der Waals surface area contributed by atoms with Gasteiger partial charge in [-0.05, 0) is 58.3 Å². The number of hydrogen-bond donors (Lipinski definition) is 0. The molecule has 0 amide bonds. The number of rotatable bonds is 6. The normalized spacial score (nSPS) is 11.6. The molecule has 34 heavy (non-hydrogen) atoms. The van der Waals surface area contributed by atoms with E-state index in [9.17, 15) is 0 Å². The molecular weight excluding hydrogens is 418 g/mol. The summed E-state index contributed by atoms with van der Waals surface area (Å²) in [4.78, 5) is 4.81. The maximum Gasteiger partial charge on any atom is 0.126 e. The second kappa shape index (κ2) is 9.63. The van der Waals surface area contributed by atoms with Gasteiger partial charge in [-0.2, -0.15) is 0 Å². The summed E-state index contributed by atoms with van der Waals surface area (Å²) in [6.45, 7) is 0. The van der Waals surface area contributed by atoms with E-state index in [4.69, 9.17) is 14.5 Å². The minimum atomic E-state index is 0.879. The Kier molecular flexibility index (Phi) is 6.09. The molecule has 0 aliphatic carbocycles. The quantitative estimate of drug-likeness (QED) is 0.269. The van der Waals surface area contributed by atoms with E-state index in [1.165, 1.54) is 0 Å². The van der Waals surface area contributed by atoms with Crippen LogP contribution in [0.15, 0.2) is 91.0 Å². The van der Waals surface area contributed by atoms with Crippen LogP contribution in [-0.2, 0) is 0 Å². The van der Waals surface area contributed by atoms with Crippen molar-refractivity contribution in [2.75, 3.05) is 14.2 Å². The van der Waals surface area contributed by atoms with Crippen LogP contribution in [0.5, 0.6) is 11.5 Å². The minimum absolute atomic E-state index is 0.879. The SMILES string of the molecule is COc1ccc(/C=C/c2cccc(/C=C/c3ccc(OC)c4ccccc34)n2)c2ccccc12. The molecular formula is C31H25NO2. The molecule has 3 nitrogen and oxygen atoms in total. The van der Waals surface area contributed by atoms with Crippen molar-refractivity contribution in [3.8, 4) is 11.5 Å². The first kappa shape index (κ1) is 21.5. The van der Waals surface area contributed by atoms with Crippen molar-refractivity contribution in [2.45, 2.75) is 0 Å². The van der Waals surface area contributed by atoms with Gasteiger partial charge in [-0.1, -0.05) is 78.9 Å². The Morgan fingerprint density at radius 2 is 0.912 bits per heavy atom. The van der Waals surface area contributed by atoms with Crippen LogP contribution in [0.4, 0.5) is 0 Å². The first-order valence-corrected chi connectivity index (χ1v) is 11.2. The Balaban J connectivity index is 1.43. The topological polar surface area (TPSA) is 31.4 Å². The summed E-state index contributed by atoms with van der Waals surface area (Å²) in [7, 11) is 3.41. The molecule has 4 aromatic carbocycles. The third-order valence-electron chi connectivity index (χ3n) is 5.93. The monoisotopic (exact) mass is 443 g/mol. The molecule has 0 unspecified atom stereocenters. The fourth-order valence-corrected chi connectivity index (χ4v) is 4.24. The van der Waals surface area contributed by atoms with E-state index in [1.54, 1.807) is 14.2 Å². The van der Waals surface area contributed by atoms with Gasteiger partial charge in [-0.15, -0.1) is 0 Å². The molecule has 0 spiro atoms. The van der Waals surface area contributed by atoms with Crippen molar-refractivity contribution in [3.63, 3.8) is 0 Å². The highest BCUT2D eigenvalue weighted by Crippen LogP contribution is 2.30. The zero-order chi connectivity index (χ0) is 23.3. The summed E-state index contributed by atoms with van der Waals surface area (Å²) in [5.41, 5.74) is 4.07. The Labute approximate surface area is 199 Å². The number of benzene rings is 4. The maximum absolute atomic E-state index is 5.51. The third-order valence-corrected chi connectivity index (χ3v) is 5.93. The summed E-state index contributed by atoms with van der Waals surface area (Å²) in [6.07, 6.45) is 8.31. The molecule has 0 atom stereocenters. The van der Waals surface area contributed by atoms with Crippen LogP contribution in [0, 0.1) is 0 Å². The van der Waals surface area contributed by atoms with Crippen LogP contribution in [0.2, 0.25) is 0 Å². The molecule has 0 fully saturated rings. The van der Waals surface area contributed by atoms with Gasteiger partial charge in [0.25, 0.3) is 0 Å². The molecule has 0 bridgehead atoms. The largest absolute Gasteiger partial charge is 0.496 e. The summed E-state index contributed by atoms with van der Waals surface area (Å²) in [5, 5.41) is 4.51. The number of ether oxygens (including phenoxy) is 2. The number of pyridine rings is 1. The van der Waals surface area contributed by atoms with E-state index in [0.29, 0.717) is 0 Å². The van der Waals surface area contributed by atoms with Crippen LogP contribution in [-0.4, -0.2) is 19.2 Å². The molecule has 0 N–H and O–H groups in total. The number of methoxy groups -OCH3 is 2. The van der Waals surface area contributed by atoms with Crippen molar-refractivity contribution >= 4 is 45.8 Å². The Morgan fingerprint density at radius 1 is 0.471 bits per heavy atom. The number of fused-ring (bicyclic) bond motifs is 2. The molecule has 0 saturated heterocycles. The smallest absolute Gasteiger partial charge is 0.126 e. The van der Waals surface area contributed by atoms with Crippen molar-refractivity contribution in [1.82, 2.24) is 4.98 Å². The fourth-order valence-electron chi connectivity index (χ4n) is 4.24. The molecule has 5 aromatic rings. The van der Waals surface area contributed by atoms with Gasteiger partial charge in [-0.3, -0.25) is 0 Å². The second-order valence-electron chi connectivity index (χ2n) is 7.96. The Bertz CT molecular complexity index is 1420. The Morgan fingerprint density at radius 3 is 1.35 bits per heavy atom. The first-order chi connectivity index (χ1) is 16.8. The zero-order valence-electron chi connectivity index (χ0n) is 19.2. The van der Waals surface area contributed by atoms with E-state index >= 15 is 0 Å². The summed E-state index contributed by atoms with van der Waals surface area (Å²) < 4.78 is 11.0. The van der Waals surface area contributed by atoms with Crippen LogP contribution >= 0.6 is 0 Å². The fraction of sp³-hybridized carbons (Fsp3) is 0.0645. The summed E-state index contributed by atoms with van der Waals surface area (Å²) >= 11 is 0. The van der Waals surface area contributed by atoms with Crippen LogP contribution in [0.25, 0.3) is 45.8 Å². The molecule has 0 aliphatic rings. The lowest BCUT2D eigenvalue weighted by atomic mass is 10.0. The lowest BCUT2D eigenvalue weighted by molar-refractivity contribution is 0.419. The van der Waals surface area contributed by atoms with Crippen LogP contribution in [0.3, 0.4) is 0 Å². The highest BCUT2D eigenvalue weighted by Gasteiger charge is 2.05. The molecule has 0 saturated carbocycles. The standard InChI is InChI=1S/C31H25NO2/c1-33-30-20-16-22(26-10-3-5-12-28(26)30)14-18-24-8-7-9-25(32-24)19-15-23-17-21-31(34-2)29-13-6-4-11-27(23)29/h3-21H,1-2H3/b18-14+,19-15+. The van der Waals surface area contributed by atoms with Gasteiger partial charge in [-0.25, -0.2) is 4.98 Å². The average molecular weight is 444 g/mol. The second-order valence-corrected chi connectivity index (χ2v) is 7.96. The van der Waals surface area contributed by atoms with Crippen molar-refractivity contribution in [3.05, 3.63) is 114 Å². The zero-order valence-corrected chi connectivity index (χ0v) is 19.2. The molecule has 1 aromatic heterocycles. The highest BCUT2D eigenvalue weighted by atomic mass is 16.5. The molecule has 0 aliphatic heterocycles. The molecule has 5 rings (SSSR count). The van der Waals surface area contributed by atoms with Crippen molar-refractivity contribution < 1.29 is 9.47 Å². The average Bonchev–Trinajstić information content (AvgIpc) is 2.90. The summed E-state index contributed by atoms with van der Waals surface area (Å²) in [6, 6.07) is 30.8. The van der Waals surface area contributed by atoms with Gasteiger partial charge in [0.15, 0.2) is 0 Å². The van der Waals surface area contributed by atoms with Gasteiger partial charge >= 0.3 is 0 Å². The molecule has 0 radical (unpaired) electrons. The van der Waals surface area contributed by atoms with Gasteiger partial charge in [0, 0.05) is 10.8 Å².